The van der Waals surface area contributed by atoms with Crippen LogP contribution in [0.4, 0.5) is 5.69 Å². The Hall–Kier alpha value is -0.580. The molecule has 0 unspecified atom stereocenters. The van der Waals surface area contributed by atoms with Gasteiger partial charge in [0.2, 0.25) is 0 Å². The smallest absolute Gasteiger partial charge is 0.0505 e. The van der Waals surface area contributed by atoms with Crippen LogP contribution >= 0.6 is 15.9 Å². The van der Waals surface area contributed by atoms with Crippen LogP contribution in [-0.2, 0) is 6.54 Å². The van der Waals surface area contributed by atoms with Crippen LogP contribution in [0, 0.1) is 0 Å². The van der Waals surface area contributed by atoms with Crippen LogP contribution < -0.4 is 10.2 Å². The van der Waals surface area contributed by atoms with Crippen LogP contribution in [0.3, 0.4) is 0 Å². The Labute approximate surface area is 112 Å². The molecule has 17 heavy (non-hydrogen) atoms. The molecule has 1 aliphatic heterocycles. The highest BCUT2D eigenvalue weighted by Gasteiger charge is 2.11. The number of piperazine rings is 1. The molecule has 0 radical (unpaired) electrons. The second-order valence-electron chi connectivity index (χ2n) is 4.71. The minimum absolute atomic E-state index is 1.05. The second kappa shape index (κ2) is 5.85. The van der Waals surface area contributed by atoms with E-state index < -0.39 is 0 Å². The van der Waals surface area contributed by atoms with Gasteiger partial charge in [0.25, 0.3) is 0 Å². The summed E-state index contributed by atoms with van der Waals surface area (Å²) in [7, 11) is 4.13. The number of rotatable bonds is 3. The van der Waals surface area contributed by atoms with Gasteiger partial charge in [-0.3, -0.25) is 4.90 Å². The van der Waals surface area contributed by atoms with Gasteiger partial charge in [-0.15, -0.1) is 0 Å². The zero-order chi connectivity index (χ0) is 12.3. The third-order valence-corrected chi connectivity index (χ3v) is 3.74. The van der Waals surface area contributed by atoms with Crippen LogP contribution in [0.2, 0.25) is 0 Å². The Balaban J connectivity index is 2.04. The van der Waals surface area contributed by atoms with Crippen molar-refractivity contribution in [2.45, 2.75) is 6.54 Å². The zero-order valence-corrected chi connectivity index (χ0v) is 12.1. The fourth-order valence-corrected chi connectivity index (χ4v) is 2.92. The van der Waals surface area contributed by atoms with Gasteiger partial charge in [0.15, 0.2) is 0 Å². The molecule has 0 spiro atoms. The Morgan fingerprint density at radius 1 is 1.29 bits per heavy atom. The fraction of sp³-hybridized carbons (Fsp3) is 0.538. The summed E-state index contributed by atoms with van der Waals surface area (Å²) in [5, 5.41) is 3.38. The molecule has 1 heterocycles. The van der Waals surface area contributed by atoms with Crippen LogP contribution in [-0.4, -0.2) is 45.2 Å². The van der Waals surface area contributed by atoms with E-state index in [4.69, 9.17) is 0 Å². The van der Waals surface area contributed by atoms with Crippen LogP contribution in [0.15, 0.2) is 22.7 Å². The first-order chi connectivity index (χ1) is 8.16. The highest BCUT2D eigenvalue weighted by molar-refractivity contribution is 9.10. The lowest BCUT2D eigenvalue weighted by atomic mass is 10.2. The largest absolute Gasteiger partial charge is 0.377 e. The van der Waals surface area contributed by atoms with E-state index in [0.29, 0.717) is 0 Å². The maximum atomic E-state index is 3.64. The second-order valence-corrected chi connectivity index (χ2v) is 5.56. The van der Waals surface area contributed by atoms with Crippen LogP contribution in [0.25, 0.3) is 0 Å². The van der Waals surface area contributed by atoms with Gasteiger partial charge in [0, 0.05) is 51.3 Å². The summed E-state index contributed by atoms with van der Waals surface area (Å²) >= 11 is 3.64. The molecule has 3 nitrogen and oxygen atoms in total. The Morgan fingerprint density at radius 3 is 2.59 bits per heavy atom. The van der Waals surface area contributed by atoms with Crippen molar-refractivity contribution >= 4 is 21.6 Å². The van der Waals surface area contributed by atoms with E-state index in [2.05, 4.69) is 63.3 Å². The van der Waals surface area contributed by atoms with E-state index in [1.807, 2.05) is 0 Å². The van der Waals surface area contributed by atoms with E-state index in [9.17, 15) is 0 Å². The van der Waals surface area contributed by atoms with Gasteiger partial charge in [0.05, 0.1) is 5.69 Å². The van der Waals surface area contributed by atoms with Crippen molar-refractivity contribution in [3.63, 3.8) is 0 Å². The summed E-state index contributed by atoms with van der Waals surface area (Å²) in [6, 6.07) is 6.64. The lowest BCUT2D eigenvalue weighted by Crippen LogP contribution is -2.42. The molecule has 1 saturated heterocycles. The topological polar surface area (TPSA) is 18.5 Å². The van der Waals surface area contributed by atoms with Gasteiger partial charge >= 0.3 is 0 Å². The third kappa shape index (κ3) is 3.44. The molecule has 1 aliphatic rings. The van der Waals surface area contributed by atoms with Gasteiger partial charge in [-0.05, 0) is 33.6 Å². The Kier molecular flexibility index (Phi) is 4.42. The molecule has 0 aromatic heterocycles. The van der Waals surface area contributed by atoms with Gasteiger partial charge in [-0.25, -0.2) is 0 Å². The maximum absolute atomic E-state index is 3.64. The number of nitrogens with one attached hydrogen (secondary N) is 1. The maximum Gasteiger partial charge on any atom is 0.0505 e. The summed E-state index contributed by atoms with van der Waals surface area (Å²) in [5.41, 5.74) is 2.61. The summed E-state index contributed by atoms with van der Waals surface area (Å²) in [4.78, 5) is 4.62. The lowest BCUT2D eigenvalue weighted by Gasteiger charge is -2.27. The Morgan fingerprint density at radius 2 is 2.00 bits per heavy atom. The SMILES string of the molecule is CN(C)c1ccc(CN2CCNCC2)cc1Br. The van der Waals surface area contributed by atoms with Crippen molar-refractivity contribution in [3.8, 4) is 0 Å². The zero-order valence-electron chi connectivity index (χ0n) is 10.5. The average Bonchev–Trinajstić information content (AvgIpc) is 2.30. The van der Waals surface area contributed by atoms with Gasteiger partial charge in [0.1, 0.15) is 0 Å². The van der Waals surface area contributed by atoms with E-state index in [1.165, 1.54) is 15.7 Å². The van der Waals surface area contributed by atoms with Crippen molar-refractivity contribution in [1.29, 1.82) is 0 Å². The first kappa shape index (κ1) is 12.9. The van der Waals surface area contributed by atoms with Crippen LogP contribution in [0.5, 0.6) is 0 Å². The molecule has 1 fully saturated rings. The molecular formula is C13H20BrN3. The summed E-state index contributed by atoms with van der Waals surface area (Å²) in [5.74, 6) is 0. The highest BCUT2D eigenvalue weighted by Crippen LogP contribution is 2.26. The van der Waals surface area contributed by atoms with Crippen molar-refractivity contribution in [2.75, 3.05) is 45.2 Å². The van der Waals surface area contributed by atoms with E-state index >= 15 is 0 Å². The normalized spacial score (nSPS) is 17.1. The van der Waals surface area contributed by atoms with E-state index in [-0.39, 0.29) is 0 Å². The molecular weight excluding hydrogens is 278 g/mol. The quantitative estimate of drug-likeness (QED) is 0.920. The molecule has 1 N–H and O–H groups in total. The van der Waals surface area contributed by atoms with Gasteiger partial charge < -0.3 is 10.2 Å². The van der Waals surface area contributed by atoms with Crippen molar-refractivity contribution < 1.29 is 0 Å². The molecule has 4 heteroatoms. The third-order valence-electron chi connectivity index (χ3n) is 3.11. The minimum Gasteiger partial charge on any atom is -0.377 e. The number of benzene rings is 1. The number of hydrogen-bond acceptors (Lipinski definition) is 3. The van der Waals surface area contributed by atoms with Crippen molar-refractivity contribution in [2.24, 2.45) is 0 Å². The van der Waals surface area contributed by atoms with Gasteiger partial charge in [-0.1, -0.05) is 6.07 Å². The first-order valence-electron chi connectivity index (χ1n) is 6.05. The summed E-state index contributed by atoms with van der Waals surface area (Å²) < 4.78 is 1.18. The summed E-state index contributed by atoms with van der Waals surface area (Å²) in [6.07, 6.45) is 0. The van der Waals surface area contributed by atoms with Gasteiger partial charge in [-0.2, -0.15) is 0 Å². The molecule has 0 amide bonds. The predicted octanol–water partition coefficient (Wildman–Crippen LogP) is 1.92. The highest BCUT2D eigenvalue weighted by atomic mass is 79.9. The molecule has 1 aromatic rings. The predicted molar refractivity (Wildman–Crippen MR) is 76.6 cm³/mol. The van der Waals surface area contributed by atoms with Crippen LogP contribution in [0.1, 0.15) is 5.56 Å². The number of hydrogen-bond donors (Lipinski definition) is 1. The standard InChI is InChI=1S/C13H20BrN3/c1-16(2)13-4-3-11(9-12(13)14)10-17-7-5-15-6-8-17/h3-4,9,15H,5-8,10H2,1-2H3. The molecule has 0 bridgehead atoms. The molecule has 1 aromatic carbocycles. The molecule has 94 valence electrons. The fourth-order valence-electron chi connectivity index (χ4n) is 2.14. The minimum atomic E-state index is 1.05. The monoisotopic (exact) mass is 297 g/mol. The number of halogens is 1. The first-order valence-corrected chi connectivity index (χ1v) is 6.85. The summed E-state index contributed by atoms with van der Waals surface area (Å²) in [6.45, 7) is 5.56. The number of anilines is 1. The molecule has 2 rings (SSSR count). The van der Waals surface area contributed by atoms with Crippen molar-refractivity contribution in [1.82, 2.24) is 10.2 Å². The molecule has 0 aliphatic carbocycles. The van der Waals surface area contributed by atoms with E-state index in [0.717, 1.165) is 32.7 Å². The van der Waals surface area contributed by atoms with E-state index in [1.54, 1.807) is 0 Å². The molecule has 0 atom stereocenters. The molecule has 0 saturated carbocycles. The Bertz CT molecular complexity index is 373. The number of nitrogens with zero attached hydrogens (tertiary/aromatic N) is 2. The average molecular weight is 298 g/mol. The van der Waals surface area contributed by atoms with Crippen molar-refractivity contribution in [3.05, 3.63) is 28.2 Å². The lowest BCUT2D eigenvalue weighted by molar-refractivity contribution is 0.233.